The van der Waals surface area contributed by atoms with Crippen molar-refractivity contribution in [2.45, 2.75) is 0 Å². The topological polar surface area (TPSA) is 69.6 Å². The molecule has 0 unspecified atom stereocenters. The number of rotatable bonds is 2. The molecule has 2 aromatic rings. The Labute approximate surface area is 95.8 Å². The third-order valence-corrected chi connectivity index (χ3v) is 2.63. The quantitative estimate of drug-likeness (QED) is 0.748. The second-order valence-electron chi connectivity index (χ2n) is 3.20. The molecule has 1 aromatic heterocycles. The van der Waals surface area contributed by atoms with Crippen LogP contribution in [0.2, 0.25) is 0 Å². The van der Waals surface area contributed by atoms with Crippen molar-refractivity contribution in [2.24, 2.45) is 0 Å². The fourth-order valence-corrected chi connectivity index (χ4v) is 1.85. The average molecular weight is 235 g/mol. The van der Waals surface area contributed by atoms with Crippen LogP contribution < -0.4 is 5.32 Å². The maximum atomic E-state index is 11.7. The number of hydrogen-bond acceptors (Lipinski definition) is 4. The standard InChI is InChI=1S/C11H9NO3S/c13-9-3-7(4-10(14)5-9)11(15)12-8-1-2-16-6-8/h1-6,13-14H,(H,12,15). The Balaban J connectivity index is 2.21. The molecule has 0 spiro atoms. The van der Waals surface area contributed by atoms with Crippen molar-refractivity contribution in [1.82, 2.24) is 0 Å². The molecular formula is C11H9NO3S. The Morgan fingerprint density at radius 3 is 2.44 bits per heavy atom. The van der Waals surface area contributed by atoms with Crippen LogP contribution in [-0.4, -0.2) is 16.1 Å². The molecule has 0 bridgehead atoms. The number of anilines is 1. The number of thiophene rings is 1. The van der Waals surface area contributed by atoms with Gasteiger partial charge in [0.05, 0.1) is 5.69 Å². The van der Waals surface area contributed by atoms with Crippen LogP contribution in [0.5, 0.6) is 11.5 Å². The molecule has 0 radical (unpaired) electrons. The van der Waals surface area contributed by atoms with E-state index in [9.17, 15) is 15.0 Å². The number of phenolic OH excluding ortho intramolecular Hbond substituents is 2. The third-order valence-electron chi connectivity index (χ3n) is 1.94. The summed E-state index contributed by atoms with van der Waals surface area (Å²) in [5, 5.41) is 24.7. The molecule has 0 fully saturated rings. The predicted octanol–water partition coefficient (Wildman–Crippen LogP) is 2.41. The summed E-state index contributed by atoms with van der Waals surface area (Å²) >= 11 is 1.47. The van der Waals surface area contributed by atoms with Crippen LogP contribution in [0.1, 0.15) is 10.4 Å². The summed E-state index contributed by atoms with van der Waals surface area (Å²) in [6.45, 7) is 0. The molecule has 16 heavy (non-hydrogen) atoms. The maximum Gasteiger partial charge on any atom is 0.255 e. The van der Waals surface area contributed by atoms with E-state index in [1.54, 1.807) is 11.4 Å². The predicted molar refractivity (Wildman–Crippen MR) is 62.0 cm³/mol. The smallest absolute Gasteiger partial charge is 0.255 e. The van der Waals surface area contributed by atoms with Crippen molar-refractivity contribution in [3.63, 3.8) is 0 Å². The zero-order valence-electron chi connectivity index (χ0n) is 8.18. The van der Waals surface area contributed by atoms with Crippen molar-refractivity contribution < 1.29 is 15.0 Å². The molecule has 4 nitrogen and oxygen atoms in total. The van der Waals surface area contributed by atoms with Gasteiger partial charge in [0, 0.05) is 17.0 Å². The summed E-state index contributed by atoms with van der Waals surface area (Å²) in [4.78, 5) is 11.7. The molecule has 1 amide bonds. The van der Waals surface area contributed by atoms with Gasteiger partial charge in [0.2, 0.25) is 0 Å². The monoisotopic (exact) mass is 235 g/mol. The highest BCUT2D eigenvalue weighted by atomic mass is 32.1. The van der Waals surface area contributed by atoms with Crippen LogP contribution in [0, 0.1) is 0 Å². The van der Waals surface area contributed by atoms with E-state index < -0.39 is 0 Å². The molecule has 3 N–H and O–H groups in total. The number of nitrogens with one attached hydrogen (secondary N) is 1. The van der Waals surface area contributed by atoms with Gasteiger partial charge in [0.25, 0.3) is 5.91 Å². The first kappa shape index (κ1) is 10.5. The SMILES string of the molecule is O=C(Nc1ccsc1)c1cc(O)cc(O)c1. The first-order valence-corrected chi connectivity index (χ1v) is 5.46. The first-order valence-electron chi connectivity index (χ1n) is 4.52. The minimum Gasteiger partial charge on any atom is -0.508 e. The minimum atomic E-state index is -0.371. The van der Waals surface area contributed by atoms with Gasteiger partial charge in [-0.25, -0.2) is 0 Å². The molecule has 0 atom stereocenters. The summed E-state index contributed by atoms with van der Waals surface area (Å²) in [5.41, 5.74) is 0.904. The van der Waals surface area contributed by atoms with Crippen LogP contribution in [-0.2, 0) is 0 Å². The van der Waals surface area contributed by atoms with Crippen LogP contribution in [0.25, 0.3) is 0 Å². The number of benzene rings is 1. The highest BCUT2D eigenvalue weighted by Gasteiger charge is 2.08. The number of amides is 1. The van der Waals surface area contributed by atoms with E-state index in [1.165, 1.54) is 29.5 Å². The molecule has 2 rings (SSSR count). The summed E-state index contributed by atoms with van der Waals surface area (Å²) < 4.78 is 0. The van der Waals surface area contributed by atoms with Gasteiger partial charge in [0.1, 0.15) is 11.5 Å². The van der Waals surface area contributed by atoms with Gasteiger partial charge in [-0.1, -0.05) is 0 Å². The van der Waals surface area contributed by atoms with E-state index in [2.05, 4.69) is 5.32 Å². The van der Waals surface area contributed by atoms with Crippen molar-refractivity contribution >= 4 is 22.9 Å². The molecule has 0 saturated carbocycles. The van der Waals surface area contributed by atoms with Crippen LogP contribution in [0.3, 0.4) is 0 Å². The van der Waals surface area contributed by atoms with Crippen LogP contribution in [0.15, 0.2) is 35.0 Å². The van der Waals surface area contributed by atoms with Gasteiger partial charge in [-0.3, -0.25) is 4.79 Å². The zero-order valence-corrected chi connectivity index (χ0v) is 8.99. The fourth-order valence-electron chi connectivity index (χ4n) is 1.27. The summed E-state index contributed by atoms with van der Waals surface area (Å²) in [7, 11) is 0. The second kappa shape index (κ2) is 4.24. The Morgan fingerprint density at radius 2 is 1.88 bits per heavy atom. The lowest BCUT2D eigenvalue weighted by atomic mass is 10.2. The summed E-state index contributed by atoms with van der Waals surface area (Å²) in [6.07, 6.45) is 0. The molecule has 1 aromatic carbocycles. The molecule has 0 saturated heterocycles. The number of carbonyl (C=O) groups excluding carboxylic acids is 1. The van der Waals surface area contributed by atoms with Gasteiger partial charge in [-0.05, 0) is 23.6 Å². The van der Waals surface area contributed by atoms with Crippen LogP contribution in [0.4, 0.5) is 5.69 Å². The Bertz CT molecular complexity index is 488. The van der Waals surface area contributed by atoms with Crippen molar-refractivity contribution in [3.8, 4) is 11.5 Å². The maximum absolute atomic E-state index is 11.7. The number of aromatic hydroxyl groups is 2. The molecule has 82 valence electrons. The number of hydrogen-bond donors (Lipinski definition) is 3. The zero-order chi connectivity index (χ0) is 11.5. The van der Waals surface area contributed by atoms with Crippen molar-refractivity contribution in [2.75, 3.05) is 5.32 Å². The molecule has 0 aliphatic carbocycles. The average Bonchev–Trinajstić information content (AvgIpc) is 2.68. The van der Waals surface area contributed by atoms with E-state index >= 15 is 0 Å². The molecular weight excluding hydrogens is 226 g/mol. The lowest BCUT2D eigenvalue weighted by Crippen LogP contribution is -2.10. The van der Waals surface area contributed by atoms with Crippen LogP contribution >= 0.6 is 11.3 Å². The Morgan fingerprint density at radius 1 is 1.19 bits per heavy atom. The second-order valence-corrected chi connectivity index (χ2v) is 3.98. The summed E-state index contributed by atoms with van der Waals surface area (Å²) in [6, 6.07) is 5.52. The van der Waals surface area contributed by atoms with Gasteiger partial charge < -0.3 is 15.5 Å². The number of phenols is 2. The largest absolute Gasteiger partial charge is 0.508 e. The molecule has 1 heterocycles. The van der Waals surface area contributed by atoms with E-state index in [-0.39, 0.29) is 23.0 Å². The van der Waals surface area contributed by atoms with Gasteiger partial charge in [0.15, 0.2) is 0 Å². The van der Waals surface area contributed by atoms with Gasteiger partial charge in [-0.15, -0.1) is 0 Å². The first-order chi connectivity index (χ1) is 7.65. The highest BCUT2D eigenvalue weighted by Crippen LogP contribution is 2.21. The van der Waals surface area contributed by atoms with E-state index in [4.69, 9.17) is 0 Å². The Kier molecular flexibility index (Phi) is 2.78. The van der Waals surface area contributed by atoms with E-state index in [0.717, 1.165) is 0 Å². The fraction of sp³-hybridized carbons (Fsp3) is 0. The summed E-state index contributed by atoms with van der Waals surface area (Å²) in [5.74, 6) is -0.657. The number of carbonyl (C=O) groups is 1. The molecule has 5 heteroatoms. The van der Waals surface area contributed by atoms with Crippen molar-refractivity contribution in [1.29, 1.82) is 0 Å². The molecule has 0 aliphatic rings. The van der Waals surface area contributed by atoms with E-state index in [0.29, 0.717) is 5.69 Å². The normalized spacial score (nSPS) is 10.0. The third kappa shape index (κ3) is 2.32. The Hall–Kier alpha value is -2.01. The van der Waals surface area contributed by atoms with Gasteiger partial charge in [-0.2, -0.15) is 11.3 Å². The lowest BCUT2D eigenvalue weighted by Gasteiger charge is -2.04. The molecule has 0 aliphatic heterocycles. The van der Waals surface area contributed by atoms with E-state index in [1.807, 2.05) is 5.38 Å². The lowest BCUT2D eigenvalue weighted by molar-refractivity contribution is 0.102. The van der Waals surface area contributed by atoms with Gasteiger partial charge >= 0.3 is 0 Å². The highest BCUT2D eigenvalue weighted by molar-refractivity contribution is 7.08. The van der Waals surface area contributed by atoms with Crippen molar-refractivity contribution in [3.05, 3.63) is 40.6 Å². The minimum absolute atomic E-state index is 0.143.